The van der Waals surface area contributed by atoms with Gasteiger partial charge in [-0.1, -0.05) is 11.6 Å². The van der Waals surface area contributed by atoms with Gasteiger partial charge in [-0.2, -0.15) is 0 Å². The SMILES string of the molecule is CS(=O)(=O)c1[c]nc(Cl)nc1Cl. The van der Waals surface area contributed by atoms with Crippen LogP contribution in [0.2, 0.25) is 10.4 Å². The molecule has 0 aromatic carbocycles. The minimum Gasteiger partial charge on any atom is -0.224 e. The van der Waals surface area contributed by atoms with Crippen LogP contribution in [0.3, 0.4) is 0 Å². The minimum absolute atomic E-state index is 0.132. The number of halogens is 2. The van der Waals surface area contributed by atoms with E-state index in [2.05, 4.69) is 16.2 Å². The molecule has 0 bridgehead atoms. The lowest BCUT2D eigenvalue weighted by Crippen LogP contribution is -2.01. The first-order chi connectivity index (χ1) is 5.41. The summed E-state index contributed by atoms with van der Waals surface area (Å²) in [6, 6.07) is 0. The highest BCUT2D eigenvalue weighted by atomic mass is 35.5. The molecule has 1 heterocycles. The summed E-state index contributed by atoms with van der Waals surface area (Å²) in [6.45, 7) is 0. The van der Waals surface area contributed by atoms with Gasteiger partial charge < -0.3 is 0 Å². The summed E-state index contributed by atoms with van der Waals surface area (Å²) in [6.07, 6.45) is 3.17. The second-order valence-electron chi connectivity index (χ2n) is 2.00. The van der Waals surface area contributed by atoms with Crippen molar-refractivity contribution in [3.05, 3.63) is 16.6 Å². The Balaban J connectivity index is 3.39. The first-order valence-corrected chi connectivity index (χ1v) is 5.37. The van der Waals surface area contributed by atoms with E-state index in [1.165, 1.54) is 0 Å². The Hall–Kier alpha value is -0.390. The normalized spacial score (nSPS) is 11.6. The van der Waals surface area contributed by atoms with E-state index in [9.17, 15) is 8.42 Å². The second kappa shape index (κ2) is 3.16. The summed E-state index contributed by atoms with van der Waals surface area (Å²) in [5.41, 5.74) is 0. The molecule has 0 fully saturated rings. The Morgan fingerprint density at radius 1 is 1.42 bits per heavy atom. The van der Waals surface area contributed by atoms with Gasteiger partial charge in [-0.3, -0.25) is 0 Å². The summed E-state index contributed by atoms with van der Waals surface area (Å²) in [5.74, 6) is 0. The largest absolute Gasteiger partial charge is 0.224 e. The zero-order valence-corrected chi connectivity index (χ0v) is 8.20. The van der Waals surface area contributed by atoms with Gasteiger partial charge in [-0.05, 0) is 11.6 Å². The molecule has 0 aliphatic rings. The number of rotatable bonds is 1. The predicted molar refractivity (Wildman–Crippen MR) is 44.0 cm³/mol. The van der Waals surface area contributed by atoms with E-state index in [0.717, 1.165) is 6.26 Å². The molecule has 0 amide bonds. The summed E-state index contributed by atoms with van der Waals surface area (Å²) in [4.78, 5) is 6.58. The van der Waals surface area contributed by atoms with E-state index in [4.69, 9.17) is 23.2 Å². The Labute approximate surface area is 79.5 Å². The van der Waals surface area contributed by atoms with Crippen LogP contribution in [0.5, 0.6) is 0 Å². The third-order valence-corrected chi connectivity index (χ3v) is 2.58. The Bertz CT molecular complexity index is 404. The molecule has 1 aromatic rings. The van der Waals surface area contributed by atoms with Crippen molar-refractivity contribution in [3.63, 3.8) is 0 Å². The highest BCUT2D eigenvalue weighted by Gasteiger charge is 2.14. The van der Waals surface area contributed by atoms with E-state index in [1.807, 2.05) is 0 Å². The van der Waals surface area contributed by atoms with E-state index in [0.29, 0.717) is 0 Å². The molecule has 0 aliphatic carbocycles. The molecule has 0 aliphatic heterocycles. The summed E-state index contributed by atoms with van der Waals surface area (Å²) < 4.78 is 21.9. The Kier molecular flexibility index (Phi) is 2.55. The van der Waals surface area contributed by atoms with Gasteiger partial charge in [-0.25, -0.2) is 18.4 Å². The lowest BCUT2D eigenvalue weighted by molar-refractivity contribution is 0.601. The summed E-state index contributed by atoms with van der Waals surface area (Å²) >= 11 is 10.8. The standard InChI is InChI=1S/C5H3Cl2N2O2S/c1-12(10,11)3-2-8-5(7)9-4(3)6/h1H3. The summed E-state index contributed by atoms with van der Waals surface area (Å²) in [5, 5.41) is -0.343. The van der Waals surface area contributed by atoms with E-state index in [-0.39, 0.29) is 15.3 Å². The molecular formula is C5H3Cl2N2O2S. The molecule has 1 aromatic heterocycles. The van der Waals surface area contributed by atoms with E-state index < -0.39 is 9.84 Å². The van der Waals surface area contributed by atoms with Gasteiger partial charge in [0.1, 0.15) is 11.1 Å². The van der Waals surface area contributed by atoms with Crippen molar-refractivity contribution in [1.29, 1.82) is 0 Å². The monoisotopic (exact) mass is 225 g/mol. The number of hydrogen-bond donors (Lipinski definition) is 0. The van der Waals surface area contributed by atoms with E-state index >= 15 is 0 Å². The van der Waals surface area contributed by atoms with Gasteiger partial charge in [0, 0.05) is 6.26 Å². The molecule has 4 nitrogen and oxygen atoms in total. The average Bonchev–Trinajstić information content (AvgIpc) is 1.83. The average molecular weight is 226 g/mol. The van der Waals surface area contributed by atoms with Crippen LogP contribution in [-0.4, -0.2) is 24.6 Å². The van der Waals surface area contributed by atoms with Crippen LogP contribution >= 0.6 is 23.2 Å². The number of sulfone groups is 1. The van der Waals surface area contributed by atoms with Crippen molar-refractivity contribution < 1.29 is 8.42 Å². The fraction of sp³-hybridized carbons (Fsp3) is 0.200. The van der Waals surface area contributed by atoms with Gasteiger partial charge in [0.05, 0.1) is 0 Å². The highest BCUT2D eigenvalue weighted by molar-refractivity contribution is 7.90. The second-order valence-corrected chi connectivity index (χ2v) is 4.65. The van der Waals surface area contributed by atoms with Crippen LogP contribution in [0.4, 0.5) is 0 Å². The van der Waals surface area contributed by atoms with Crippen molar-refractivity contribution in [2.24, 2.45) is 0 Å². The zero-order valence-electron chi connectivity index (χ0n) is 5.88. The molecule has 7 heteroatoms. The molecule has 0 saturated heterocycles. The first-order valence-electron chi connectivity index (χ1n) is 2.72. The molecule has 0 unspecified atom stereocenters. The fourth-order valence-electron chi connectivity index (χ4n) is 0.536. The van der Waals surface area contributed by atoms with Crippen LogP contribution < -0.4 is 0 Å². The molecular weight excluding hydrogens is 223 g/mol. The third kappa shape index (κ3) is 2.06. The fourth-order valence-corrected chi connectivity index (χ4v) is 1.81. The Morgan fingerprint density at radius 2 is 2.00 bits per heavy atom. The first kappa shape index (κ1) is 9.70. The highest BCUT2D eigenvalue weighted by Crippen LogP contribution is 2.18. The lowest BCUT2D eigenvalue weighted by Gasteiger charge is -1.97. The van der Waals surface area contributed by atoms with Crippen LogP contribution in [0.25, 0.3) is 0 Å². The lowest BCUT2D eigenvalue weighted by atomic mass is 10.7. The number of nitrogens with zero attached hydrogens (tertiary/aromatic N) is 2. The molecule has 1 rings (SSSR count). The smallest absolute Gasteiger partial charge is 0.224 e. The van der Waals surface area contributed by atoms with Crippen LogP contribution in [0.1, 0.15) is 0 Å². The van der Waals surface area contributed by atoms with Gasteiger partial charge in [0.25, 0.3) is 0 Å². The quantitative estimate of drug-likeness (QED) is 0.529. The predicted octanol–water partition coefficient (Wildman–Crippen LogP) is 0.987. The van der Waals surface area contributed by atoms with Crippen molar-refractivity contribution in [2.45, 2.75) is 4.90 Å². The minimum atomic E-state index is -3.42. The molecule has 0 saturated carbocycles. The maximum Gasteiger partial charge on any atom is 0.224 e. The molecule has 65 valence electrons. The van der Waals surface area contributed by atoms with Crippen LogP contribution in [0, 0.1) is 6.20 Å². The molecule has 1 radical (unpaired) electrons. The van der Waals surface area contributed by atoms with Gasteiger partial charge in [-0.15, -0.1) is 0 Å². The van der Waals surface area contributed by atoms with Crippen molar-refractivity contribution in [3.8, 4) is 0 Å². The van der Waals surface area contributed by atoms with Crippen molar-refractivity contribution in [2.75, 3.05) is 6.26 Å². The van der Waals surface area contributed by atoms with E-state index in [1.54, 1.807) is 0 Å². The zero-order chi connectivity index (χ0) is 9.35. The Morgan fingerprint density at radius 3 is 2.42 bits per heavy atom. The molecule has 0 N–H and O–H groups in total. The number of hydrogen-bond acceptors (Lipinski definition) is 4. The summed E-state index contributed by atoms with van der Waals surface area (Å²) in [7, 11) is -3.42. The van der Waals surface area contributed by atoms with Gasteiger partial charge in [0.2, 0.25) is 5.28 Å². The van der Waals surface area contributed by atoms with Crippen molar-refractivity contribution >= 4 is 33.0 Å². The van der Waals surface area contributed by atoms with Gasteiger partial charge in [0.15, 0.2) is 15.0 Å². The molecule has 0 spiro atoms. The number of aromatic nitrogens is 2. The van der Waals surface area contributed by atoms with Gasteiger partial charge >= 0.3 is 0 Å². The van der Waals surface area contributed by atoms with Crippen molar-refractivity contribution in [1.82, 2.24) is 9.97 Å². The molecule has 0 atom stereocenters. The third-order valence-electron chi connectivity index (χ3n) is 0.998. The topological polar surface area (TPSA) is 59.9 Å². The maximum atomic E-state index is 10.9. The maximum absolute atomic E-state index is 10.9. The van der Waals surface area contributed by atoms with Crippen LogP contribution in [-0.2, 0) is 9.84 Å². The molecule has 12 heavy (non-hydrogen) atoms. The van der Waals surface area contributed by atoms with Crippen LogP contribution in [0.15, 0.2) is 4.90 Å².